The average Bonchev–Trinajstić information content (AvgIpc) is 2.46. The third-order valence-electron chi connectivity index (χ3n) is 3.80. The van der Waals surface area contributed by atoms with Gasteiger partial charge in [-0.3, -0.25) is 4.98 Å². The number of esters is 1. The van der Waals surface area contributed by atoms with Crippen LogP contribution in [0.3, 0.4) is 0 Å². The van der Waals surface area contributed by atoms with Crippen LogP contribution in [0.25, 0.3) is 0 Å². The molecule has 1 saturated carbocycles. The fraction of sp³-hybridized carbons (Fsp3) is 0.571. The number of hydrogen-bond donors (Lipinski definition) is 2. The van der Waals surface area contributed by atoms with Crippen LogP contribution in [0.4, 0.5) is 5.82 Å². The molecule has 1 aliphatic carbocycles. The second kappa shape index (κ2) is 6.07. The second-order valence-electron chi connectivity index (χ2n) is 5.49. The zero-order valence-corrected chi connectivity index (χ0v) is 12.1. The molecule has 0 radical (unpaired) electrons. The lowest BCUT2D eigenvalue weighted by atomic mass is 9.76. The van der Waals surface area contributed by atoms with E-state index in [0.717, 1.165) is 12.8 Å². The van der Waals surface area contributed by atoms with Gasteiger partial charge in [-0.05, 0) is 18.8 Å². The van der Waals surface area contributed by atoms with Gasteiger partial charge in [0.1, 0.15) is 11.4 Å². The fourth-order valence-electron chi connectivity index (χ4n) is 2.79. The Labute approximate surface area is 122 Å². The summed E-state index contributed by atoms with van der Waals surface area (Å²) < 4.78 is 4.59. The van der Waals surface area contributed by atoms with Crippen molar-refractivity contribution in [3.8, 4) is 0 Å². The van der Waals surface area contributed by atoms with Crippen molar-refractivity contribution in [2.24, 2.45) is 5.92 Å². The zero-order chi connectivity index (χ0) is 15.5. The predicted molar refractivity (Wildman–Crippen MR) is 75.0 cm³/mol. The van der Waals surface area contributed by atoms with Gasteiger partial charge >= 0.3 is 11.9 Å². The van der Waals surface area contributed by atoms with Gasteiger partial charge in [-0.1, -0.05) is 19.8 Å². The molecule has 0 saturated heterocycles. The number of aliphatic carboxylic acids is 1. The minimum Gasteiger partial charge on any atom is -0.480 e. The van der Waals surface area contributed by atoms with E-state index in [1.807, 2.05) is 6.92 Å². The first kappa shape index (κ1) is 15.2. The number of aromatic nitrogens is 2. The molecule has 1 aromatic heterocycles. The van der Waals surface area contributed by atoms with E-state index in [1.54, 1.807) is 0 Å². The van der Waals surface area contributed by atoms with Gasteiger partial charge in [-0.15, -0.1) is 0 Å². The van der Waals surface area contributed by atoms with Gasteiger partial charge in [-0.2, -0.15) is 0 Å². The summed E-state index contributed by atoms with van der Waals surface area (Å²) in [5.41, 5.74) is -1.01. The van der Waals surface area contributed by atoms with E-state index in [9.17, 15) is 14.7 Å². The van der Waals surface area contributed by atoms with Crippen LogP contribution in [0.1, 0.15) is 43.1 Å². The number of methoxy groups -OCH3 is 1. The number of hydrogen-bond acceptors (Lipinski definition) is 6. The maximum absolute atomic E-state index is 11.7. The van der Waals surface area contributed by atoms with Crippen LogP contribution < -0.4 is 5.32 Å². The number of carboxylic acids is 1. The summed E-state index contributed by atoms with van der Waals surface area (Å²) in [6, 6.07) is 0. The van der Waals surface area contributed by atoms with Gasteiger partial charge in [0.05, 0.1) is 19.5 Å². The highest BCUT2D eigenvalue weighted by atomic mass is 16.5. The number of carbonyl (C=O) groups excluding carboxylic acids is 1. The van der Waals surface area contributed by atoms with Gasteiger partial charge < -0.3 is 15.2 Å². The van der Waals surface area contributed by atoms with Crippen molar-refractivity contribution in [2.45, 2.75) is 38.1 Å². The van der Waals surface area contributed by atoms with Crippen LogP contribution in [0, 0.1) is 5.92 Å². The third-order valence-corrected chi connectivity index (χ3v) is 3.80. The molecule has 7 nitrogen and oxygen atoms in total. The van der Waals surface area contributed by atoms with Crippen LogP contribution in [-0.4, -0.2) is 39.7 Å². The number of carboxylic acid groups (broad SMARTS) is 1. The molecule has 7 heteroatoms. The quantitative estimate of drug-likeness (QED) is 0.815. The minimum absolute atomic E-state index is 0.0481. The summed E-state index contributed by atoms with van der Waals surface area (Å²) in [5.74, 6) is -0.916. The Balaban J connectivity index is 2.25. The largest absolute Gasteiger partial charge is 0.480 e. The maximum Gasteiger partial charge on any atom is 0.358 e. The maximum atomic E-state index is 11.7. The molecule has 2 atom stereocenters. The highest BCUT2D eigenvalue weighted by molar-refractivity contribution is 5.87. The van der Waals surface area contributed by atoms with Crippen LogP contribution in [-0.2, 0) is 9.53 Å². The second-order valence-corrected chi connectivity index (χ2v) is 5.49. The standard InChI is InChI=1S/C14H19N3O4/c1-9-4-3-5-14(6-9,13(19)20)17-11-8-15-7-10(16-11)12(18)21-2/h7-9H,3-6H2,1-2H3,(H,16,17)(H,19,20). The number of rotatable bonds is 4. The van der Waals surface area contributed by atoms with Crippen molar-refractivity contribution in [1.82, 2.24) is 9.97 Å². The molecule has 1 fully saturated rings. The Morgan fingerprint density at radius 2 is 2.24 bits per heavy atom. The van der Waals surface area contributed by atoms with E-state index in [2.05, 4.69) is 20.0 Å². The Kier molecular flexibility index (Phi) is 4.40. The van der Waals surface area contributed by atoms with Gasteiger partial charge in [0.15, 0.2) is 5.69 Å². The number of anilines is 1. The molecule has 0 amide bonds. The molecule has 2 N–H and O–H groups in total. The summed E-state index contributed by atoms with van der Waals surface area (Å²) >= 11 is 0. The van der Waals surface area contributed by atoms with Crippen molar-refractivity contribution in [3.05, 3.63) is 18.1 Å². The Bertz CT molecular complexity index is 549. The first-order valence-electron chi connectivity index (χ1n) is 6.89. The first-order chi connectivity index (χ1) is 9.97. The van der Waals surface area contributed by atoms with Crippen LogP contribution >= 0.6 is 0 Å². The van der Waals surface area contributed by atoms with Crippen molar-refractivity contribution in [3.63, 3.8) is 0 Å². The van der Waals surface area contributed by atoms with E-state index in [-0.39, 0.29) is 11.5 Å². The first-order valence-corrected chi connectivity index (χ1v) is 6.89. The van der Waals surface area contributed by atoms with E-state index in [4.69, 9.17) is 0 Å². The molecular weight excluding hydrogens is 274 g/mol. The lowest BCUT2D eigenvalue weighted by Crippen LogP contribution is -2.49. The smallest absolute Gasteiger partial charge is 0.358 e. The normalized spacial score (nSPS) is 25.1. The van der Waals surface area contributed by atoms with Crippen molar-refractivity contribution >= 4 is 17.8 Å². The molecule has 114 valence electrons. The monoisotopic (exact) mass is 293 g/mol. The Morgan fingerprint density at radius 3 is 2.86 bits per heavy atom. The molecule has 1 aromatic rings. The summed E-state index contributed by atoms with van der Waals surface area (Å²) in [6.45, 7) is 2.04. The number of nitrogens with one attached hydrogen (secondary N) is 1. The third kappa shape index (κ3) is 3.29. The Hall–Kier alpha value is -2.18. The van der Waals surface area contributed by atoms with Gasteiger partial charge in [0, 0.05) is 0 Å². The molecule has 1 aliphatic rings. The minimum atomic E-state index is -1.05. The lowest BCUT2D eigenvalue weighted by Gasteiger charge is -2.37. The molecule has 2 rings (SSSR count). The molecule has 2 unspecified atom stereocenters. The summed E-state index contributed by atoms with van der Waals surface area (Å²) in [6.07, 6.45) is 5.60. The number of nitrogens with zero attached hydrogens (tertiary/aromatic N) is 2. The molecule has 0 aliphatic heterocycles. The number of ether oxygens (including phenoxy) is 1. The fourth-order valence-corrected chi connectivity index (χ4v) is 2.79. The highest BCUT2D eigenvalue weighted by Gasteiger charge is 2.42. The van der Waals surface area contributed by atoms with E-state index in [0.29, 0.717) is 18.8 Å². The summed E-state index contributed by atoms with van der Waals surface area (Å²) in [4.78, 5) is 31.1. The van der Waals surface area contributed by atoms with Gasteiger partial charge in [0.2, 0.25) is 0 Å². The van der Waals surface area contributed by atoms with Gasteiger partial charge in [0.25, 0.3) is 0 Å². The van der Waals surface area contributed by atoms with Crippen molar-refractivity contribution in [2.75, 3.05) is 12.4 Å². The summed E-state index contributed by atoms with van der Waals surface area (Å²) in [5, 5.41) is 12.6. The van der Waals surface area contributed by atoms with Crippen LogP contribution in [0.15, 0.2) is 12.4 Å². The molecule has 0 aromatic carbocycles. The zero-order valence-electron chi connectivity index (χ0n) is 12.1. The average molecular weight is 293 g/mol. The van der Waals surface area contributed by atoms with Crippen LogP contribution in [0.5, 0.6) is 0 Å². The highest BCUT2D eigenvalue weighted by Crippen LogP contribution is 2.34. The summed E-state index contributed by atoms with van der Waals surface area (Å²) in [7, 11) is 1.26. The molecular formula is C14H19N3O4. The molecule has 0 spiro atoms. The van der Waals surface area contributed by atoms with Crippen LogP contribution in [0.2, 0.25) is 0 Å². The predicted octanol–water partition coefficient (Wildman–Crippen LogP) is 1.71. The topological polar surface area (TPSA) is 101 Å². The van der Waals surface area contributed by atoms with Crippen molar-refractivity contribution in [1.29, 1.82) is 0 Å². The molecule has 1 heterocycles. The number of carbonyl (C=O) groups is 2. The lowest BCUT2D eigenvalue weighted by molar-refractivity contribution is -0.144. The molecule has 21 heavy (non-hydrogen) atoms. The van der Waals surface area contributed by atoms with E-state index in [1.165, 1.54) is 19.5 Å². The SMILES string of the molecule is COC(=O)c1cncc(NC2(C(=O)O)CCCC(C)C2)n1. The van der Waals surface area contributed by atoms with Crippen molar-refractivity contribution < 1.29 is 19.4 Å². The van der Waals surface area contributed by atoms with E-state index < -0.39 is 17.5 Å². The Morgan fingerprint density at radius 1 is 1.48 bits per heavy atom. The molecule has 0 bridgehead atoms. The van der Waals surface area contributed by atoms with E-state index >= 15 is 0 Å². The van der Waals surface area contributed by atoms with Gasteiger partial charge in [-0.25, -0.2) is 14.6 Å².